The summed E-state index contributed by atoms with van der Waals surface area (Å²) in [5.41, 5.74) is 2.48. The van der Waals surface area contributed by atoms with Crippen molar-refractivity contribution in [2.45, 2.75) is 26.3 Å². The first-order valence-corrected chi connectivity index (χ1v) is 9.39. The lowest BCUT2D eigenvalue weighted by molar-refractivity contribution is -0.123. The molecule has 25 heavy (non-hydrogen) atoms. The van der Waals surface area contributed by atoms with Crippen molar-refractivity contribution in [3.63, 3.8) is 0 Å². The van der Waals surface area contributed by atoms with E-state index in [1.807, 2.05) is 45.0 Å². The summed E-state index contributed by atoms with van der Waals surface area (Å²) in [7, 11) is 0. The standard InChI is InChI=1S/C18H23N3O2S2/c1-12(2)13-6-5-7-14(10-13)18(3,4)20-16(23)19-8-9-21-15(22)11-25-17(21)24/h5-7,10H,1,8-9,11H2,2-4H3,(H2,19,20,23). The minimum Gasteiger partial charge on any atom is -0.336 e. The second-order valence-corrected chi connectivity index (χ2v) is 8.08. The molecule has 2 rings (SSSR count). The molecule has 3 amide bonds. The summed E-state index contributed by atoms with van der Waals surface area (Å²) in [4.78, 5) is 25.4. The van der Waals surface area contributed by atoms with Crippen molar-refractivity contribution < 1.29 is 9.59 Å². The maximum absolute atomic E-state index is 12.2. The first-order valence-electron chi connectivity index (χ1n) is 8.00. The molecule has 0 spiro atoms. The average molecular weight is 378 g/mol. The molecule has 1 heterocycles. The number of benzene rings is 1. The first kappa shape index (κ1) is 19.5. The molecule has 0 saturated carbocycles. The van der Waals surface area contributed by atoms with Crippen molar-refractivity contribution in [2.75, 3.05) is 18.8 Å². The van der Waals surface area contributed by atoms with E-state index < -0.39 is 5.54 Å². The van der Waals surface area contributed by atoms with Crippen molar-refractivity contribution in [1.29, 1.82) is 0 Å². The van der Waals surface area contributed by atoms with E-state index in [2.05, 4.69) is 17.2 Å². The van der Waals surface area contributed by atoms with Gasteiger partial charge in [-0.1, -0.05) is 54.3 Å². The predicted octanol–water partition coefficient (Wildman–Crippen LogP) is 3.11. The minimum absolute atomic E-state index is 0.00542. The number of amides is 3. The summed E-state index contributed by atoms with van der Waals surface area (Å²) >= 11 is 6.47. The summed E-state index contributed by atoms with van der Waals surface area (Å²) in [5, 5.41) is 5.75. The van der Waals surface area contributed by atoms with Gasteiger partial charge in [0, 0.05) is 13.1 Å². The number of hydrogen-bond donors (Lipinski definition) is 2. The number of carbonyl (C=O) groups excluding carboxylic acids is 2. The third-order valence-corrected chi connectivity index (χ3v) is 5.40. The van der Waals surface area contributed by atoms with Crippen LogP contribution in [0.15, 0.2) is 30.8 Å². The van der Waals surface area contributed by atoms with E-state index in [0.717, 1.165) is 16.7 Å². The van der Waals surface area contributed by atoms with Gasteiger partial charge in [-0.15, -0.1) is 0 Å². The van der Waals surface area contributed by atoms with Gasteiger partial charge in [0.2, 0.25) is 5.91 Å². The van der Waals surface area contributed by atoms with Crippen LogP contribution >= 0.6 is 24.0 Å². The Labute approximate surface area is 158 Å². The van der Waals surface area contributed by atoms with E-state index in [0.29, 0.717) is 23.2 Å². The molecule has 0 unspecified atom stereocenters. The number of thioether (sulfide) groups is 1. The molecule has 1 aliphatic heterocycles. The number of nitrogens with one attached hydrogen (secondary N) is 2. The summed E-state index contributed by atoms with van der Waals surface area (Å²) in [6.07, 6.45) is 0. The number of urea groups is 1. The van der Waals surface area contributed by atoms with Crippen molar-refractivity contribution in [2.24, 2.45) is 0 Å². The van der Waals surface area contributed by atoms with Gasteiger partial charge in [0.25, 0.3) is 0 Å². The molecule has 1 aromatic carbocycles. The topological polar surface area (TPSA) is 61.4 Å². The second-order valence-electron chi connectivity index (χ2n) is 6.47. The Morgan fingerprint density at radius 3 is 2.76 bits per heavy atom. The Balaban J connectivity index is 1.90. The maximum atomic E-state index is 12.2. The van der Waals surface area contributed by atoms with Crippen molar-refractivity contribution in [3.8, 4) is 0 Å². The molecule has 1 fully saturated rings. The van der Waals surface area contributed by atoms with Gasteiger partial charge in [-0.2, -0.15) is 0 Å². The van der Waals surface area contributed by atoms with E-state index in [9.17, 15) is 9.59 Å². The molecule has 0 aliphatic carbocycles. The SMILES string of the molecule is C=C(C)c1cccc(C(C)(C)NC(=O)NCCN2C(=O)CSC2=S)c1. The Morgan fingerprint density at radius 1 is 1.44 bits per heavy atom. The van der Waals surface area contributed by atoms with Gasteiger partial charge >= 0.3 is 6.03 Å². The number of nitrogens with zero attached hydrogens (tertiary/aromatic N) is 1. The largest absolute Gasteiger partial charge is 0.336 e. The summed E-state index contributed by atoms with van der Waals surface area (Å²) in [5.74, 6) is 0.381. The highest BCUT2D eigenvalue weighted by Gasteiger charge is 2.27. The molecule has 2 N–H and O–H groups in total. The van der Waals surface area contributed by atoms with Gasteiger partial charge in [0.05, 0.1) is 11.3 Å². The van der Waals surface area contributed by atoms with Crippen LogP contribution < -0.4 is 10.6 Å². The molecule has 0 aromatic heterocycles. The quantitative estimate of drug-likeness (QED) is 0.748. The van der Waals surface area contributed by atoms with E-state index in [1.165, 1.54) is 16.7 Å². The Kier molecular flexibility index (Phi) is 6.24. The highest BCUT2D eigenvalue weighted by atomic mass is 32.2. The van der Waals surface area contributed by atoms with E-state index in [1.54, 1.807) is 0 Å². The smallest absolute Gasteiger partial charge is 0.315 e. The molecule has 0 bridgehead atoms. The van der Waals surface area contributed by atoms with Crippen LogP contribution in [0.1, 0.15) is 31.9 Å². The van der Waals surface area contributed by atoms with Crippen molar-refractivity contribution in [3.05, 3.63) is 42.0 Å². The van der Waals surface area contributed by atoms with Crippen molar-refractivity contribution in [1.82, 2.24) is 15.5 Å². The molecule has 5 nitrogen and oxygen atoms in total. The Morgan fingerprint density at radius 2 is 2.16 bits per heavy atom. The zero-order chi connectivity index (χ0) is 18.6. The van der Waals surface area contributed by atoms with E-state index >= 15 is 0 Å². The molecular formula is C18H23N3O2S2. The van der Waals surface area contributed by atoms with E-state index in [-0.39, 0.29) is 11.9 Å². The zero-order valence-electron chi connectivity index (χ0n) is 14.7. The van der Waals surface area contributed by atoms with Crippen LogP contribution in [0.5, 0.6) is 0 Å². The van der Waals surface area contributed by atoms with Gasteiger partial charge in [0.15, 0.2) is 0 Å². The monoisotopic (exact) mass is 377 g/mol. The van der Waals surface area contributed by atoms with Gasteiger partial charge in [0.1, 0.15) is 4.32 Å². The molecule has 1 saturated heterocycles. The molecule has 0 radical (unpaired) electrons. The fraction of sp³-hybridized carbons (Fsp3) is 0.389. The van der Waals surface area contributed by atoms with Crippen LogP contribution in [0.3, 0.4) is 0 Å². The summed E-state index contributed by atoms with van der Waals surface area (Å²) in [6.45, 7) is 10.5. The van der Waals surface area contributed by atoms with Crippen LogP contribution in [0.4, 0.5) is 4.79 Å². The van der Waals surface area contributed by atoms with Crippen LogP contribution in [-0.4, -0.2) is 40.0 Å². The fourth-order valence-electron chi connectivity index (χ4n) is 2.45. The number of carbonyl (C=O) groups is 2. The van der Waals surface area contributed by atoms with Gasteiger partial charge in [-0.3, -0.25) is 9.69 Å². The molecule has 0 atom stereocenters. The number of hydrogen-bond acceptors (Lipinski definition) is 4. The lowest BCUT2D eigenvalue weighted by atomic mass is 9.92. The fourth-order valence-corrected chi connectivity index (χ4v) is 3.57. The van der Waals surface area contributed by atoms with Gasteiger partial charge in [-0.05, 0) is 38.0 Å². The maximum Gasteiger partial charge on any atom is 0.315 e. The third-order valence-electron chi connectivity index (χ3n) is 3.96. The second kappa shape index (κ2) is 8.01. The minimum atomic E-state index is -0.538. The normalized spacial score (nSPS) is 14.6. The average Bonchev–Trinajstić information content (AvgIpc) is 2.86. The number of rotatable bonds is 6. The predicted molar refractivity (Wildman–Crippen MR) is 107 cm³/mol. The molecule has 7 heteroatoms. The first-order chi connectivity index (χ1) is 11.7. The third kappa shape index (κ3) is 5.06. The Hall–Kier alpha value is -1.86. The molecule has 1 aliphatic rings. The van der Waals surface area contributed by atoms with Crippen LogP contribution in [0.25, 0.3) is 5.57 Å². The highest BCUT2D eigenvalue weighted by Crippen LogP contribution is 2.23. The molecular weight excluding hydrogens is 354 g/mol. The lowest BCUT2D eigenvalue weighted by Crippen LogP contribution is -2.48. The van der Waals surface area contributed by atoms with Crippen LogP contribution in [-0.2, 0) is 10.3 Å². The zero-order valence-corrected chi connectivity index (χ0v) is 16.4. The lowest BCUT2D eigenvalue weighted by Gasteiger charge is -2.28. The van der Waals surface area contributed by atoms with Gasteiger partial charge in [-0.25, -0.2) is 4.79 Å². The number of thiocarbonyl (C=S) groups is 1. The van der Waals surface area contributed by atoms with Crippen molar-refractivity contribution >= 4 is 45.8 Å². The Bertz CT molecular complexity index is 700. The molecule has 1 aromatic rings. The summed E-state index contributed by atoms with van der Waals surface area (Å²) in [6, 6.07) is 7.68. The van der Waals surface area contributed by atoms with Crippen LogP contribution in [0.2, 0.25) is 0 Å². The van der Waals surface area contributed by atoms with Gasteiger partial charge < -0.3 is 10.6 Å². The summed E-state index contributed by atoms with van der Waals surface area (Å²) < 4.78 is 0.573. The van der Waals surface area contributed by atoms with E-state index in [4.69, 9.17) is 12.2 Å². The number of allylic oxidation sites excluding steroid dienone is 1. The van der Waals surface area contributed by atoms with Crippen LogP contribution in [0, 0.1) is 0 Å². The molecule has 134 valence electrons. The highest BCUT2D eigenvalue weighted by molar-refractivity contribution is 8.23.